The highest BCUT2D eigenvalue weighted by Gasteiger charge is 2.35. The van der Waals surface area contributed by atoms with Crippen LogP contribution in [0.15, 0.2) is 44.1 Å². The lowest BCUT2D eigenvalue weighted by Gasteiger charge is -2.42. The van der Waals surface area contributed by atoms with E-state index in [4.69, 9.17) is 0 Å². The molecule has 29 heavy (non-hydrogen) atoms. The van der Waals surface area contributed by atoms with Crippen molar-refractivity contribution < 1.29 is 9.72 Å². The summed E-state index contributed by atoms with van der Waals surface area (Å²) >= 11 is 6.58. The highest BCUT2D eigenvalue weighted by atomic mass is 79.9. The zero-order chi connectivity index (χ0) is 20.7. The first-order valence-electron chi connectivity index (χ1n) is 9.17. The summed E-state index contributed by atoms with van der Waals surface area (Å²) in [5.74, 6) is 0.389. The molecule has 1 fully saturated rings. The number of halogens is 2. The molecule has 4 rings (SSSR count). The molecule has 0 spiro atoms. The number of hydrogen-bond acceptors (Lipinski definition) is 5. The van der Waals surface area contributed by atoms with Crippen LogP contribution in [0.4, 0.5) is 11.4 Å². The van der Waals surface area contributed by atoms with Gasteiger partial charge < -0.3 is 9.88 Å². The van der Waals surface area contributed by atoms with E-state index < -0.39 is 4.92 Å². The topological polar surface area (TPSA) is 97.5 Å². The number of nitro benzene ring substituents is 1. The Labute approximate surface area is 183 Å². The Morgan fingerprint density at radius 1 is 1.21 bits per heavy atom. The van der Waals surface area contributed by atoms with Gasteiger partial charge in [0.05, 0.1) is 17.2 Å². The lowest BCUT2D eigenvalue weighted by Crippen LogP contribution is -2.49. The van der Waals surface area contributed by atoms with Crippen LogP contribution in [0.25, 0.3) is 0 Å². The lowest BCUT2D eigenvalue weighted by atomic mass is 9.83. The van der Waals surface area contributed by atoms with Crippen molar-refractivity contribution >= 4 is 49.1 Å². The van der Waals surface area contributed by atoms with Crippen LogP contribution in [-0.2, 0) is 11.3 Å². The molecule has 2 unspecified atom stereocenters. The number of carbonyl (C=O) groups excluding carboxylic acids is 1. The zero-order valence-corrected chi connectivity index (χ0v) is 18.5. The molecule has 2 aromatic rings. The molecule has 1 aromatic carbocycles. The number of aromatic nitrogens is 1. The summed E-state index contributed by atoms with van der Waals surface area (Å²) in [5, 5.41) is 13.8. The minimum Gasteiger partial charge on any atom is -0.323 e. The molecule has 8 nitrogen and oxygen atoms in total. The SMILES string of the molecule is O=C(CN1CC2CC(C1)c1cccc(=O)n1C2)Nc1c(Br)cc([N+](=O)[O-])cc1Br. The first-order chi connectivity index (χ1) is 13.8. The first kappa shape index (κ1) is 20.2. The molecule has 3 heterocycles. The van der Waals surface area contributed by atoms with Gasteiger partial charge in [0, 0.05) is 58.4 Å². The van der Waals surface area contributed by atoms with Crippen LogP contribution in [-0.4, -0.2) is 39.9 Å². The molecule has 2 aliphatic heterocycles. The second-order valence-corrected chi connectivity index (χ2v) is 9.19. The molecule has 0 radical (unpaired) electrons. The fourth-order valence-corrected chi connectivity index (χ4v) is 5.65. The fraction of sp³-hybridized carbons (Fsp3) is 0.368. The molecular formula is C19H18Br2N4O4. The molecule has 1 amide bonds. The Kier molecular flexibility index (Phi) is 5.58. The van der Waals surface area contributed by atoms with E-state index in [0.29, 0.717) is 27.1 Å². The molecule has 1 N–H and O–H groups in total. The van der Waals surface area contributed by atoms with Crippen molar-refractivity contribution in [2.24, 2.45) is 5.92 Å². The van der Waals surface area contributed by atoms with Crippen molar-refractivity contribution in [2.45, 2.75) is 18.9 Å². The number of nitro groups is 1. The Hall–Kier alpha value is -2.04. The monoisotopic (exact) mass is 524 g/mol. The van der Waals surface area contributed by atoms with Crippen molar-refractivity contribution in [3.8, 4) is 0 Å². The van der Waals surface area contributed by atoms with E-state index in [1.807, 2.05) is 10.6 Å². The number of non-ortho nitro benzene ring substituents is 1. The largest absolute Gasteiger partial charge is 0.323 e. The van der Waals surface area contributed by atoms with Crippen LogP contribution < -0.4 is 10.9 Å². The highest BCUT2D eigenvalue weighted by molar-refractivity contribution is 9.11. The Morgan fingerprint density at radius 2 is 1.93 bits per heavy atom. The van der Waals surface area contributed by atoms with Gasteiger partial charge in [-0.1, -0.05) is 6.07 Å². The zero-order valence-electron chi connectivity index (χ0n) is 15.3. The third-order valence-corrected chi connectivity index (χ3v) is 6.68. The minimum absolute atomic E-state index is 0.0382. The molecule has 152 valence electrons. The van der Waals surface area contributed by atoms with E-state index >= 15 is 0 Å². The van der Waals surface area contributed by atoms with Crippen molar-refractivity contribution in [2.75, 3.05) is 25.0 Å². The Balaban J connectivity index is 1.45. The molecule has 10 heteroatoms. The third kappa shape index (κ3) is 4.15. The summed E-state index contributed by atoms with van der Waals surface area (Å²) in [6.45, 7) is 2.38. The average Bonchev–Trinajstić information content (AvgIpc) is 2.65. The van der Waals surface area contributed by atoms with E-state index in [1.165, 1.54) is 12.1 Å². The summed E-state index contributed by atoms with van der Waals surface area (Å²) < 4.78 is 2.74. The molecule has 0 saturated carbocycles. The molecular weight excluding hydrogens is 508 g/mol. The number of hydrogen-bond donors (Lipinski definition) is 1. The number of nitrogens with one attached hydrogen (secondary N) is 1. The smallest absolute Gasteiger partial charge is 0.271 e. The van der Waals surface area contributed by atoms with Crippen LogP contribution in [0.1, 0.15) is 18.0 Å². The van der Waals surface area contributed by atoms with E-state index in [0.717, 1.165) is 25.2 Å². The fourth-order valence-electron chi connectivity index (χ4n) is 4.29. The van der Waals surface area contributed by atoms with Gasteiger partial charge >= 0.3 is 0 Å². The van der Waals surface area contributed by atoms with Crippen LogP contribution in [0, 0.1) is 16.0 Å². The average molecular weight is 526 g/mol. The number of pyridine rings is 1. The van der Waals surface area contributed by atoms with Crippen LogP contribution in [0.2, 0.25) is 0 Å². The normalized spacial score (nSPS) is 20.8. The van der Waals surface area contributed by atoms with Crippen LogP contribution >= 0.6 is 31.9 Å². The van der Waals surface area contributed by atoms with Crippen molar-refractivity contribution in [3.05, 3.63) is 65.4 Å². The molecule has 1 aromatic heterocycles. The predicted molar refractivity (Wildman–Crippen MR) is 115 cm³/mol. The number of fused-ring (bicyclic) bond motifs is 4. The number of carbonyl (C=O) groups is 1. The molecule has 0 aliphatic carbocycles. The van der Waals surface area contributed by atoms with E-state index in [2.05, 4.69) is 42.1 Å². The van der Waals surface area contributed by atoms with Gasteiger partial charge in [0.1, 0.15) is 0 Å². The minimum atomic E-state index is -0.489. The Morgan fingerprint density at radius 3 is 2.62 bits per heavy atom. The van der Waals surface area contributed by atoms with Gasteiger partial charge in [-0.2, -0.15) is 0 Å². The lowest BCUT2D eigenvalue weighted by molar-refractivity contribution is -0.385. The summed E-state index contributed by atoms with van der Waals surface area (Å²) in [6, 6.07) is 8.11. The maximum atomic E-state index is 12.6. The number of likely N-dealkylation sites (tertiary alicyclic amines) is 1. The number of nitrogens with zero attached hydrogens (tertiary/aromatic N) is 3. The second-order valence-electron chi connectivity index (χ2n) is 7.48. The van der Waals surface area contributed by atoms with E-state index in [1.54, 1.807) is 12.1 Å². The van der Waals surface area contributed by atoms with Crippen molar-refractivity contribution in [1.82, 2.24) is 9.47 Å². The quantitative estimate of drug-likeness (QED) is 0.487. The maximum Gasteiger partial charge on any atom is 0.271 e. The molecule has 2 bridgehead atoms. The summed E-state index contributed by atoms with van der Waals surface area (Å²) in [6.07, 6.45) is 1.03. The van der Waals surface area contributed by atoms with Gasteiger partial charge in [0.15, 0.2) is 0 Å². The number of benzene rings is 1. The van der Waals surface area contributed by atoms with Crippen LogP contribution in [0.5, 0.6) is 0 Å². The first-order valence-corrected chi connectivity index (χ1v) is 10.8. The maximum absolute atomic E-state index is 12.6. The number of amides is 1. The summed E-state index contributed by atoms with van der Waals surface area (Å²) in [7, 11) is 0. The standard InChI is InChI=1S/C19H18Br2N4O4/c20-14-5-13(25(28)29)6-15(21)19(14)22-17(26)10-23-7-11-4-12(9-23)16-2-1-3-18(27)24(16)8-11/h1-3,5-6,11-12H,4,7-10H2,(H,22,26). The Bertz CT molecular complexity index is 1030. The van der Waals surface area contributed by atoms with Gasteiger partial charge in [-0.15, -0.1) is 0 Å². The van der Waals surface area contributed by atoms with Gasteiger partial charge in [-0.25, -0.2) is 0 Å². The molecule has 2 aliphatic rings. The number of piperidine rings is 1. The van der Waals surface area contributed by atoms with Gasteiger partial charge in [0.25, 0.3) is 11.2 Å². The number of rotatable bonds is 4. The highest BCUT2D eigenvalue weighted by Crippen LogP contribution is 2.36. The van der Waals surface area contributed by atoms with E-state index in [9.17, 15) is 19.7 Å². The number of anilines is 1. The molecule has 2 atom stereocenters. The van der Waals surface area contributed by atoms with Crippen molar-refractivity contribution in [1.29, 1.82) is 0 Å². The third-order valence-electron chi connectivity index (χ3n) is 5.42. The summed E-state index contributed by atoms with van der Waals surface area (Å²) in [5.41, 5.74) is 1.48. The van der Waals surface area contributed by atoms with Gasteiger partial charge in [-0.05, 0) is 50.3 Å². The van der Waals surface area contributed by atoms with E-state index in [-0.39, 0.29) is 29.6 Å². The van der Waals surface area contributed by atoms with Crippen molar-refractivity contribution in [3.63, 3.8) is 0 Å². The molecule has 1 saturated heterocycles. The van der Waals surface area contributed by atoms with Gasteiger partial charge in [-0.3, -0.25) is 24.6 Å². The predicted octanol–water partition coefficient (Wildman–Crippen LogP) is 3.34. The summed E-state index contributed by atoms with van der Waals surface area (Å²) in [4.78, 5) is 37.3. The van der Waals surface area contributed by atoms with Crippen LogP contribution in [0.3, 0.4) is 0 Å². The van der Waals surface area contributed by atoms with Gasteiger partial charge in [0.2, 0.25) is 5.91 Å². The second kappa shape index (κ2) is 8.00.